The molecule has 0 radical (unpaired) electrons. The number of halogens is 1. The molecule has 0 fully saturated rings. The van der Waals surface area contributed by atoms with Gasteiger partial charge in [-0.05, 0) is 35.9 Å². The van der Waals surface area contributed by atoms with Gasteiger partial charge in [-0.2, -0.15) is 0 Å². The Morgan fingerprint density at radius 1 is 1.21 bits per heavy atom. The molecular weight excluding hydrogens is 384 g/mol. The second-order valence-electron chi connectivity index (χ2n) is 5.84. The van der Waals surface area contributed by atoms with E-state index in [1.54, 1.807) is 36.4 Å². The largest absolute Gasteiger partial charge is 0.468 e. The van der Waals surface area contributed by atoms with Gasteiger partial charge in [-0.25, -0.2) is 0 Å². The number of rotatable bonds is 9. The molecule has 1 N–H and O–H groups in total. The first-order chi connectivity index (χ1) is 13.5. The van der Waals surface area contributed by atoms with E-state index in [9.17, 15) is 14.4 Å². The molecule has 8 heteroatoms. The highest BCUT2D eigenvalue weighted by Crippen LogP contribution is 2.12. The normalized spacial score (nSPS) is 10.6. The first kappa shape index (κ1) is 21.2. The summed E-state index contributed by atoms with van der Waals surface area (Å²) in [5.41, 5.74) is 0.826. The van der Waals surface area contributed by atoms with Crippen molar-refractivity contribution in [3.8, 4) is 0 Å². The Kier molecular flexibility index (Phi) is 8.30. The van der Waals surface area contributed by atoms with Crippen LogP contribution in [0.15, 0.2) is 53.2 Å². The predicted octanol–water partition coefficient (Wildman–Crippen LogP) is 2.65. The lowest BCUT2D eigenvalue weighted by Crippen LogP contribution is -2.37. The quantitative estimate of drug-likeness (QED) is 0.512. The van der Waals surface area contributed by atoms with E-state index in [4.69, 9.17) is 16.0 Å². The van der Waals surface area contributed by atoms with Gasteiger partial charge in [0.05, 0.1) is 13.4 Å². The molecule has 1 aromatic heterocycles. The first-order valence-electron chi connectivity index (χ1n) is 8.56. The maximum absolute atomic E-state index is 12.5. The molecule has 28 heavy (non-hydrogen) atoms. The van der Waals surface area contributed by atoms with Crippen LogP contribution in [0.1, 0.15) is 17.7 Å². The Bertz CT molecular complexity index is 816. The molecule has 0 aliphatic rings. The molecule has 0 atom stereocenters. The van der Waals surface area contributed by atoms with Gasteiger partial charge in [0.1, 0.15) is 12.3 Å². The average Bonchev–Trinajstić information content (AvgIpc) is 3.21. The number of methoxy groups -OCH3 is 1. The van der Waals surface area contributed by atoms with Crippen LogP contribution >= 0.6 is 11.6 Å². The van der Waals surface area contributed by atoms with Crippen LogP contribution in [0.25, 0.3) is 6.08 Å². The van der Waals surface area contributed by atoms with E-state index in [0.717, 1.165) is 5.56 Å². The Balaban J connectivity index is 1.87. The van der Waals surface area contributed by atoms with Crippen LogP contribution in [-0.4, -0.2) is 42.9 Å². The maximum atomic E-state index is 12.5. The van der Waals surface area contributed by atoms with Gasteiger partial charge >= 0.3 is 5.97 Å². The molecule has 2 amide bonds. The molecule has 2 aromatic rings. The summed E-state index contributed by atoms with van der Waals surface area (Å²) in [6, 6.07) is 10.4. The molecule has 0 bridgehead atoms. The molecule has 0 aliphatic heterocycles. The lowest BCUT2D eigenvalue weighted by molar-refractivity contribution is -0.147. The number of furan rings is 1. The number of hydrogen-bond donors (Lipinski definition) is 1. The summed E-state index contributed by atoms with van der Waals surface area (Å²) in [6.07, 6.45) is 4.40. The number of hydrogen-bond acceptors (Lipinski definition) is 5. The van der Waals surface area contributed by atoms with Gasteiger partial charge in [0.15, 0.2) is 0 Å². The third-order valence-electron chi connectivity index (χ3n) is 3.77. The molecular formula is C20H21ClN2O5. The summed E-state index contributed by atoms with van der Waals surface area (Å²) in [6.45, 7) is 0.195. The van der Waals surface area contributed by atoms with Crippen molar-refractivity contribution in [2.75, 3.05) is 20.2 Å². The number of amides is 2. The highest BCUT2D eigenvalue weighted by molar-refractivity contribution is 6.30. The van der Waals surface area contributed by atoms with Gasteiger partial charge < -0.3 is 19.4 Å². The van der Waals surface area contributed by atoms with Gasteiger partial charge in [0.25, 0.3) is 0 Å². The third kappa shape index (κ3) is 7.28. The van der Waals surface area contributed by atoms with E-state index in [0.29, 0.717) is 10.8 Å². The van der Waals surface area contributed by atoms with Crippen molar-refractivity contribution in [3.63, 3.8) is 0 Å². The number of carbonyl (C=O) groups excluding carboxylic acids is 3. The Morgan fingerprint density at radius 2 is 1.96 bits per heavy atom. The maximum Gasteiger partial charge on any atom is 0.325 e. The number of nitrogens with one attached hydrogen (secondary N) is 1. The summed E-state index contributed by atoms with van der Waals surface area (Å²) in [5, 5.41) is 3.20. The molecule has 148 valence electrons. The number of benzene rings is 1. The zero-order valence-electron chi connectivity index (χ0n) is 15.4. The van der Waals surface area contributed by atoms with Gasteiger partial charge in [-0.15, -0.1) is 0 Å². The highest BCUT2D eigenvalue weighted by Gasteiger charge is 2.18. The van der Waals surface area contributed by atoms with Crippen LogP contribution in [0.2, 0.25) is 5.02 Å². The lowest BCUT2D eigenvalue weighted by Gasteiger charge is -2.21. The Morgan fingerprint density at radius 3 is 2.61 bits per heavy atom. The monoisotopic (exact) mass is 404 g/mol. The van der Waals surface area contributed by atoms with Crippen LogP contribution in [0.4, 0.5) is 0 Å². The van der Waals surface area contributed by atoms with Crippen molar-refractivity contribution in [2.45, 2.75) is 13.0 Å². The summed E-state index contributed by atoms with van der Waals surface area (Å²) in [4.78, 5) is 37.3. The molecule has 1 heterocycles. The van der Waals surface area contributed by atoms with Crippen molar-refractivity contribution in [1.82, 2.24) is 10.2 Å². The molecule has 0 spiro atoms. The molecule has 0 aliphatic carbocycles. The lowest BCUT2D eigenvalue weighted by atomic mass is 10.2. The average molecular weight is 405 g/mol. The zero-order valence-corrected chi connectivity index (χ0v) is 16.1. The second kappa shape index (κ2) is 10.9. The number of ether oxygens (including phenoxy) is 1. The van der Waals surface area contributed by atoms with Crippen molar-refractivity contribution < 1.29 is 23.5 Å². The minimum atomic E-state index is -0.521. The summed E-state index contributed by atoms with van der Waals surface area (Å²) in [7, 11) is 1.26. The van der Waals surface area contributed by atoms with Gasteiger partial charge in [0.2, 0.25) is 11.8 Å². The van der Waals surface area contributed by atoms with Crippen LogP contribution in [0, 0.1) is 0 Å². The fourth-order valence-electron chi connectivity index (χ4n) is 2.32. The van der Waals surface area contributed by atoms with Crippen LogP contribution in [-0.2, 0) is 25.7 Å². The van der Waals surface area contributed by atoms with Crippen molar-refractivity contribution >= 4 is 35.5 Å². The van der Waals surface area contributed by atoms with E-state index < -0.39 is 5.97 Å². The Hall–Kier alpha value is -3.06. The summed E-state index contributed by atoms with van der Waals surface area (Å²) in [5.74, 6) is -0.594. The molecule has 0 unspecified atom stereocenters. The van der Waals surface area contributed by atoms with Crippen LogP contribution < -0.4 is 5.32 Å². The van der Waals surface area contributed by atoms with E-state index in [-0.39, 0.29) is 37.9 Å². The number of esters is 1. The van der Waals surface area contributed by atoms with Crippen LogP contribution in [0.3, 0.4) is 0 Å². The predicted molar refractivity (Wildman–Crippen MR) is 104 cm³/mol. The molecule has 2 rings (SSSR count). The fourth-order valence-corrected chi connectivity index (χ4v) is 2.44. The van der Waals surface area contributed by atoms with E-state index in [1.165, 1.54) is 30.4 Å². The topological polar surface area (TPSA) is 88.9 Å². The molecule has 7 nitrogen and oxygen atoms in total. The third-order valence-corrected chi connectivity index (χ3v) is 4.02. The van der Waals surface area contributed by atoms with Gasteiger partial charge in [-0.1, -0.05) is 23.7 Å². The summed E-state index contributed by atoms with van der Waals surface area (Å²) < 4.78 is 9.75. The molecule has 0 saturated heterocycles. The zero-order chi connectivity index (χ0) is 20.4. The summed E-state index contributed by atoms with van der Waals surface area (Å²) >= 11 is 5.87. The van der Waals surface area contributed by atoms with E-state index >= 15 is 0 Å². The van der Waals surface area contributed by atoms with E-state index in [2.05, 4.69) is 10.1 Å². The van der Waals surface area contributed by atoms with Gasteiger partial charge in [0, 0.05) is 30.6 Å². The van der Waals surface area contributed by atoms with Crippen molar-refractivity contribution in [2.24, 2.45) is 0 Å². The fraction of sp³-hybridized carbons (Fsp3) is 0.250. The Labute approximate surface area is 167 Å². The molecule has 0 saturated carbocycles. The SMILES string of the molecule is COC(=O)CN(Cc1ccc(Cl)cc1)C(=O)CCNC(=O)/C=C/c1ccco1. The standard InChI is InChI=1S/C20H21ClN2O5/c1-27-20(26)14-23(13-15-4-6-16(21)7-5-15)19(25)10-11-22-18(24)9-8-17-3-2-12-28-17/h2-9,12H,10-11,13-14H2,1H3,(H,22,24)/b9-8+. The first-order valence-corrected chi connectivity index (χ1v) is 8.94. The van der Waals surface area contributed by atoms with Crippen molar-refractivity contribution in [3.05, 3.63) is 65.1 Å². The minimum Gasteiger partial charge on any atom is -0.468 e. The van der Waals surface area contributed by atoms with Crippen LogP contribution in [0.5, 0.6) is 0 Å². The smallest absolute Gasteiger partial charge is 0.325 e. The second-order valence-corrected chi connectivity index (χ2v) is 6.28. The molecule has 1 aromatic carbocycles. The van der Waals surface area contributed by atoms with E-state index in [1.807, 2.05) is 0 Å². The minimum absolute atomic E-state index is 0.0465. The number of carbonyl (C=O) groups is 3. The highest BCUT2D eigenvalue weighted by atomic mass is 35.5. The van der Waals surface area contributed by atoms with Gasteiger partial charge in [-0.3, -0.25) is 14.4 Å². The van der Waals surface area contributed by atoms with Crippen molar-refractivity contribution in [1.29, 1.82) is 0 Å². The number of nitrogens with zero attached hydrogens (tertiary/aromatic N) is 1.